The summed E-state index contributed by atoms with van der Waals surface area (Å²) in [6.45, 7) is -1.23. The molecule has 1 aromatic rings. The number of nitrogens with one attached hydrogen (secondary N) is 1. The first-order valence-corrected chi connectivity index (χ1v) is 9.27. The van der Waals surface area contributed by atoms with Gasteiger partial charge in [-0.3, -0.25) is 0 Å². The van der Waals surface area contributed by atoms with Crippen LogP contribution < -0.4 is 5.32 Å². The minimum absolute atomic E-state index is 0.584. The van der Waals surface area contributed by atoms with E-state index >= 15 is 0 Å². The van der Waals surface area contributed by atoms with Gasteiger partial charge < -0.3 is 55.3 Å². The van der Waals surface area contributed by atoms with Crippen LogP contribution in [0.1, 0.15) is 0 Å². The minimum Gasteiger partial charge on any atom is -0.394 e. The fourth-order valence-electron chi connectivity index (χ4n) is 3.41. The zero-order valence-corrected chi connectivity index (χ0v) is 15.4. The number of aliphatic hydroxyl groups is 7. The molecule has 3 rings (SSSR count). The monoisotopic (exact) mass is 417 g/mol. The van der Waals surface area contributed by atoms with Crippen molar-refractivity contribution >= 4 is 5.69 Å². The highest BCUT2D eigenvalue weighted by molar-refractivity contribution is 5.43. The van der Waals surface area contributed by atoms with Gasteiger partial charge in [-0.15, -0.1) is 0 Å². The van der Waals surface area contributed by atoms with Crippen molar-refractivity contribution in [1.82, 2.24) is 0 Å². The van der Waals surface area contributed by atoms with E-state index in [0.29, 0.717) is 5.69 Å². The molecular weight excluding hydrogens is 390 g/mol. The smallest absolute Gasteiger partial charge is 0.187 e. The number of benzene rings is 1. The maximum atomic E-state index is 10.5. The van der Waals surface area contributed by atoms with Gasteiger partial charge in [0, 0.05) is 5.69 Å². The van der Waals surface area contributed by atoms with Crippen molar-refractivity contribution < 1.29 is 50.0 Å². The van der Waals surface area contributed by atoms with Crippen molar-refractivity contribution in [1.29, 1.82) is 0 Å². The largest absolute Gasteiger partial charge is 0.394 e. The number of aliphatic hydroxyl groups excluding tert-OH is 7. The fourth-order valence-corrected chi connectivity index (χ4v) is 3.41. The van der Waals surface area contributed by atoms with E-state index in [-0.39, 0.29) is 0 Å². The van der Waals surface area contributed by atoms with Crippen LogP contribution in [0.5, 0.6) is 0 Å². The third kappa shape index (κ3) is 4.70. The second kappa shape index (κ2) is 9.62. The van der Waals surface area contributed by atoms with Crippen LogP contribution in [0, 0.1) is 0 Å². The Morgan fingerprint density at radius 1 is 0.759 bits per heavy atom. The summed E-state index contributed by atoms with van der Waals surface area (Å²) in [6, 6.07) is 8.80. The average Bonchev–Trinajstić information content (AvgIpc) is 2.74. The van der Waals surface area contributed by atoms with Crippen LogP contribution in [0.2, 0.25) is 0 Å². The molecule has 11 heteroatoms. The van der Waals surface area contributed by atoms with Gasteiger partial charge in [0.05, 0.1) is 13.2 Å². The van der Waals surface area contributed by atoms with E-state index in [0.717, 1.165) is 0 Å². The number of ether oxygens (including phenoxy) is 3. The summed E-state index contributed by atoms with van der Waals surface area (Å²) < 4.78 is 16.4. The number of rotatable bonds is 6. The second-order valence-corrected chi connectivity index (χ2v) is 7.07. The number of hydrogen-bond donors (Lipinski definition) is 8. The standard InChI is InChI=1S/C18H27NO10/c20-6-9-11(22)12(23)15(26)18(28-9)29-16-10(7-21)27-17(14(25)13(16)24)19-8-4-2-1-3-5-8/h1-5,9-26H,6-7H2/t9-,10-,11+,12+,13-,14-,15-,16-,17-,18-/m1/s1. The van der Waals surface area contributed by atoms with E-state index in [2.05, 4.69) is 5.32 Å². The molecule has 0 bridgehead atoms. The zero-order valence-electron chi connectivity index (χ0n) is 15.4. The Balaban J connectivity index is 1.71. The van der Waals surface area contributed by atoms with Crippen molar-refractivity contribution in [3.05, 3.63) is 30.3 Å². The predicted molar refractivity (Wildman–Crippen MR) is 96.5 cm³/mol. The summed E-state index contributed by atoms with van der Waals surface area (Å²) in [5.74, 6) is 0. The quantitative estimate of drug-likeness (QED) is 0.232. The molecule has 0 spiro atoms. The highest BCUT2D eigenvalue weighted by Crippen LogP contribution is 2.29. The number of para-hydroxylation sites is 1. The Hall–Kier alpha value is -1.38. The molecule has 11 nitrogen and oxygen atoms in total. The molecule has 0 amide bonds. The lowest BCUT2D eigenvalue weighted by Gasteiger charge is -2.46. The van der Waals surface area contributed by atoms with E-state index in [1.807, 2.05) is 0 Å². The first-order chi connectivity index (χ1) is 13.9. The van der Waals surface area contributed by atoms with Gasteiger partial charge in [0.25, 0.3) is 0 Å². The summed E-state index contributed by atoms with van der Waals surface area (Å²) in [6.07, 6.45) is -14.2. The van der Waals surface area contributed by atoms with Crippen molar-refractivity contribution in [2.75, 3.05) is 18.5 Å². The molecule has 164 valence electrons. The van der Waals surface area contributed by atoms with Crippen LogP contribution in [-0.2, 0) is 14.2 Å². The molecule has 2 fully saturated rings. The molecule has 8 N–H and O–H groups in total. The van der Waals surface area contributed by atoms with Crippen molar-refractivity contribution in [2.24, 2.45) is 0 Å². The fraction of sp³-hybridized carbons (Fsp3) is 0.667. The molecule has 2 aliphatic heterocycles. The summed E-state index contributed by atoms with van der Waals surface area (Å²) in [5, 5.41) is 72.6. The topological polar surface area (TPSA) is 181 Å². The molecule has 2 saturated heterocycles. The van der Waals surface area contributed by atoms with Gasteiger partial charge in [-0.1, -0.05) is 18.2 Å². The molecule has 29 heavy (non-hydrogen) atoms. The molecule has 1 aromatic carbocycles. The van der Waals surface area contributed by atoms with E-state index in [4.69, 9.17) is 14.2 Å². The Bertz CT molecular complexity index is 632. The normalized spacial score (nSPS) is 43.1. The van der Waals surface area contributed by atoms with Crippen molar-refractivity contribution in [3.63, 3.8) is 0 Å². The number of hydrogen-bond acceptors (Lipinski definition) is 11. The molecule has 10 atom stereocenters. The van der Waals surface area contributed by atoms with Gasteiger partial charge in [0.1, 0.15) is 48.8 Å². The Morgan fingerprint density at radius 3 is 2.03 bits per heavy atom. The lowest BCUT2D eigenvalue weighted by atomic mass is 9.96. The molecule has 0 unspecified atom stereocenters. The van der Waals surface area contributed by atoms with Crippen LogP contribution in [0.15, 0.2) is 30.3 Å². The summed E-state index contributed by atoms with van der Waals surface area (Å²) in [4.78, 5) is 0. The highest BCUT2D eigenvalue weighted by atomic mass is 16.7. The Kier molecular flexibility index (Phi) is 7.40. The maximum absolute atomic E-state index is 10.5. The van der Waals surface area contributed by atoms with Crippen LogP contribution in [-0.4, -0.2) is 110 Å². The highest BCUT2D eigenvalue weighted by Gasteiger charge is 2.50. The average molecular weight is 417 g/mol. The number of anilines is 1. The molecule has 0 radical (unpaired) electrons. The molecule has 0 saturated carbocycles. The lowest BCUT2D eigenvalue weighted by molar-refractivity contribution is -0.340. The van der Waals surface area contributed by atoms with Crippen molar-refractivity contribution in [2.45, 2.75) is 61.3 Å². The first kappa shape index (κ1) is 22.3. The molecule has 0 aromatic heterocycles. The summed E-state index contributed by atoms with van der Waals surface area (Å²) in [7, 11) is 0. The SMILES string of the molecule is OC[C@H]1O[C@H](O[C@H]2[C@H](O)[C@@H](O)[C@H](Nc3ccccc3)O[C@@H]2CO)[C@H](O)[C@@H](O)[C@H]1O. The first-order valence-electron chi connectivity index (χ1n) is 9.27. The van der Waals surface area contributed by atoms with Gasteiger partial charge in [0.2, 0.25) is 0 Å². The van der Waals surface area contributed by atoms with E-state index in [9.17, 15) is 35.7 Å². The molecule has 0 aliphatic carbocycles. The van der Waals surface area contributed by atoms with Crippen LogP contribution >= 0.6 is 0 Å². The van der Waals surface area contributed by atoms with Gasteiger partial charge in [-0.05, 0) is 12.1 Å². The van der Waals surface area contributed by atoms with E-state index < -0.39 is 74.6 Å². The molecular formula is C18H27NO10. The van der Waals surface area contributed by atoms with Gasteiger partial charge >= 0.3 is 0 Å². The Labute approximate surface area is 166 Å². The van der Waals surface area contributed by atoms with Crippen molar-refractivity contribution in [3.8, 4) is 0 Å². The molecule has 2 heterocycles. The lowest BCUT2D eigenvalue weighted by Crippen LogP contribution is -2.65. The maximum Gasteiger partial charge on any atom is 0.187 e. The second-order valence-electron chi connectivity index (χ2n) is 7.07. The van der Waals surface area contributed by atoms with Crippen LogP contribution in [0.25, 0.3) is 0 Å². The predicted octanol–water partition coefficient (Wildman–Crippen LogP) is -3.28. The van der Waals surface area contributed by atoms with Gasteiger partial charge in [0.15, 0.2) is 12.5 Å². The zero-order chi connectivity index (χ0) is 21.1. The van der Waals surface area contributed by atoms with E-state index in [1.54, 1.807) is 30.3 Å². The minimum atomic E-state index is -1.70. The van der Waals surface area contributed by atoms with E-state index in [1.165, 1.54) is 0 Å². The summed E-state index contributed by atoms with van der Waals surface area (Å²) in [5.41, 5.74) is 0.619. The summed E-state index contributed by atoms with van der Waals surface area (Å²) >= 11 is 0. The third-order valence-corrected chi connectivity index (χ3v) is 5.09. The third-order valence-electron chi connectivity index (χ3n) is 5.09. The van der Waals surface area contributed by atoms with Gasteiger partial charge in [-0.2, -0.15) is 0 Å². The van der Waals surface area contributed by atoms with Crippen LogP contribution in [0.3, 0.4) is 0 Å². The van der Waals surface area contributed by atoms with Crippen LogP contribution in [0.4, 0.5) is 5.69 Å². The van der Waals surface area contributed by atoms with Gasteiger partial charge in [-0.25, -0.2) is 0 Å². The molecule has 2 aliphatic rings. The Morgan fingerprint density at radius 2 is 1.41 bits per heavy atom.